The van der Waals surface area contributed by atoms with Gasteiger partial charge in [-0.2, -0.15) is 0 Å². The molecule has 1 unspecified atom stereocenters. The van der Waals surface area contributed by atoms with Gasteiger partial charge in [-0.05, 0) is 51.6 Å². The van der Waals surface area contributed by atoms with Gasteiger partial charge in [0.05, 0.1) is 20.3 Å². The van der Waals surface area contributed by atoms with Gasteiger partial charge in [0.1, 0.15) is 11.5 Å². The van der Waals surface area contributed by atoms with Crippen LogP contribution in [0.1, 0.15) is 30.0 Å². The van der Waals surface area contributed by atoms with Crippen LogP contribution in [0.4, 0.5) is 0 Å². The first-order valence-corrected chi connectivity index (χ1v) is 6.61. The summed E-state index contributed by atoms with van der Waals surface area (Å²) >= 11 is 0. The lowest BCUT2D eigenvalue weighted by Gasteiger charge is -2.32. The minimum absolute atomic E-state index is 0.142. The van der Waals surface area contributed by atoms with Gasteiger partial charge in [-0.25, -0.2) is 0 Å². The second-order valence-corrected chi connectivity index (χ2v) is 5.66. The van der Waals surface area contributed by atoms with Crippen LogP contribution in [0.15, 0.2) is 12.1 Å². The normalized spacial score (nSPS) is 18.3. The zero-order valence-electron chi connectivity index (χ0n) is 12.5. The van der Waals surface area contributed by atoms with Crippen LogP contribution in [0.5, 0.6) is 11.5 Å². The number of aryl methyl sites for hydroxylation is 1. The molecule has 0 aliphatic heterocycles. The van der Waals surface area contributed by atoms with Gasteiger partial charge in [-0.1, -0.05) is 0 Å². The summed E-state index contributed by atoms with van der Waals surface area (Å²) in [5.41, 5.74) is 8.48. The average molecular weight is 264 g/mol. The largest absolute Gasteiger partial charge is 0.496 e. The Balaban J connectivity index is 2.52. The van der Waals surface area contributed by atoms with E-state index >= 15 is 0 Å². The highest BCUT2D eigenvalue weighted by molar-refractivity contribution is 5.49. The highest BCUT2D eigenvalue weighted by atomic mass is 16.5. The molecule has 1 aromatic carbocycles. The Morgan fingerprint density at radius 2 is 1.74 bits per heavy atom. The molecule has 1 fully saturated rings. The van der Waals surface area contributed by atoms with E-state index in [0.717, 1.165) is 35.5 Å². The van der Waals surface area contributed by atoms with Crippen molar-refractivity contribution in [1.82, 2.24) is 4.90 Å². The first-order valence-electron chi connectivity index (χ1n) is 6.61. The maximum atomic E-state index is 6.44. The molecule has 1 aromatic rings. The maximum absolute atomic E-state index is 6.44. The summed E-state index contributed by atoms with van der Waals surface area (Å²) in [6.45, 7) is 2.02. The first-order chi connectivity index (χ1) is 8.92. The molecule has 2 rings (SSSR count). The predicted octanol–water partition coefficient (Wildman–Crippen LogP) is 2.11. The van der Waals surface area contributed by atoms with Crippen molar-refractivity contribution >= 4 is 0 Å². The van der Waals surface area contributed by atoms with Gasteiger partial charge in [0.25, 0.3) is 0 Å². The molecule has 0 bridgehead atoms. The van der Waals surface area contributed by atoms with Crippen LogP contribution in [-0.4, -0.2) is 38.8 Å². The van der Waals surface area contributed by atoms with Crippen molar-refractivity contribution in [3.05, 3.63) is 23.3 Å². The van der Waals surface area contributed by atoms with Crippen LogP contribution in [0.25, 0.3) is 0 Å². The third-order valence-corrected chi connectivity index (χ3v) is 3.93. The Hall–Kier alpha value is -1.26. The summed E-state index contributed by atoms with van der Waals surface area (Å²) in [6.07, 6.45) is 2.10. The number of hydrogen-bond acceptors (Lipinski definition) is 4. The Bertz CT molecular complexity index is 467. The molecule has 1 atom stereocenters. The minimum Gasteiger partial charge on any atom is -0.496 e. The molecule has 0 amide bonds. The summed E-state index contributed by atoms with van der Waals surface area (Å²) < 4.78 is 11.0. The number of rotatable bonds is 5. The summed E-state index contributed by atoms with van der Waals surface area (Å²) in [4.78, 5) is 2.17. The summed E-state index contributed by atoms with van der Waals surface area (Å²) in [7, 11) is 7.51. The standard InChI is InChI=1S/C15H24N2O2/c1-10-8-13(19-5)11(9-12(10)18-4)14(17(2)3)15(16)6-7-15/h8-9,14H,6-7,16H2,1-5H3. The van der Waals surface area contributed by atoms with Gasteiger partial charge in [-0.15, -0.1) is 0 Å². The topological polar surface area (TPSA) is 47.7 Å². The molecule has 4 nitrogen and oxygen atoms in total. The molecule has 0 saturated heterocycles. The van der Waals surface area contributed by atoms with Crippen LogP contribution in [0.2, 0.25) is 0 Å². The summed E-state index contributed by atoms with van der Waals surface area (Å²) in [6, 6.07) is 4.24. The molecule has 106 valence electrons. The number of methoxy groups -OCH3 is 2. The molecular formula is C15H24N2O2. The average Bonchev–Trinajstić information content (AvgIpc) is 3.08. The molecule has 2 N–H and O–H groups in total. The molecule has 0 aromatic heterocycles. The predicted molar refractivity (Wildman–Crippen MR) is 76.9 cm³/mol. The molecular weight excluding hydrogens is 240 g/mol. The number of hydrogen-bond donors (Lipinski definition) is 1. The second-order valence-electron chi connectivity index (χ2n) is 5.66. The van der Waals surface area contributed by atoms with E-state index in [2.05, 4.69) is 25.1 Å². The van der Waals surface area contributed by atoms with E-state index in [0.29, 0.717) is 0 Å². The number of nitrogens with two attached hydrogens (primary N) is 1. The molecule has 0 radical (unpaired) electrons. The van der Waals surface area contributed by atoms with E-state index in [1.54, 1.807) is 14.2 Å². The zero-order chi connectivity index (χ0) is 14.2. The van der Waals surface area contributed by atoms with Crippen molar-refractivity contribution in [2.24, 2.45) is 5.73 Å². The van der Waals surface area contributed by atoms with E-state index in [1.165, 1.54) is 0 Å². The van der Waals surface area contributed by atoms with Crippen molar-refractivity contribution in [3.8, 4) is 11.5 Å². The van der Waals surface area contributed by atoms with Gasteiger partial charge in [-0.3, -0.25) is 0 Å². The number of ether oxygens (including phenoxy) is 2. The van der Waals surface area contributed by atoms with Crippen LogP contribution in [0, 0.1) is 6.92 Å². The lowest BCUT2D eigenvalue weighted by molar-refractivity contribution is 0.238. The fraction of sp³-hybridized carbons (Fsp3) is 0.600. The van der Waals surface area contributed by atoms with Crippen molar-refractivity contribution in [2.75, 3.05) is 28.3 Å². The van der Waals surface area contributed by atoms with E-state index < -0.39 is 0 Å². The fourth-order valence-electron chi connectivity index (χ4n) is 2.81. The van der Waals surface area contributed by atoms with E-state index in [-0.39, 0.29) is 11.6 Å². The molecule has 1 aliphatic carbocycles. The van der Waals surface area contributed by atoms with Gasteiger partial charge in [0.15, 0.2) is 0 Å². The molecule has 4 heteroatoms. The molecule has 0 spiro atoms. The van der Waals surface area contributed by atoms with E-state index in [9.17, 15) is 0 Å². The van der Waals surface area contributed by atoms with E-state index in [4.69, 9.17) is 15.2 Å². The summed E-state index contributed by atoms with van der Waals surface area (Å²) in [5.74, 6) is 1.76. The van der Waals surface area contributed by atoms with Crippen molar-refractivity contribution < 1.29 is 9.47 Å². The molecule has 19 heavy (non-hydrogen) atoms. The van der Waals surface area contributed by atoms with Crippen LogP contribution in [0.3, 0.4) is 0 Å². The van der Waals surface area contributed by atoms with Crippen molar-refractivity contribution in [3.63, 3.8) is 0 Å². The fourth-order valence-corrected chi connectivity index (χ4v) is 2.81. The van der Waals surface area contributed by atoms with Gasteiger partial charge < -0.3 is 20.1 Å². The quantitative estimate of drug-likeness (QED) is 0.885. The Labute approximate surface area is 115 Å². The zero-order valence-corrected chi connectivity index (χ0v) is 12.5. The SMILES string of the molecule is COc1cc(C(N(C)C)C2(N)CC2)c(OC)cc1C. The monoisotopic (exact) mass is 264 g/mol. The number of benzene rings is 1. The van der Waals surface area contributed by atoms with Gasteiger partial charge >= 0.3 is 0 Å². The molecule has 0 heterocycles. The van der Waals surface area contributed by atoms with Crippen LogP contribution < -0.4 is 15.2 Å². The number of nitrogens with zero attached hydrogens (tertiary/aromatic N) is 1. The number of likely N-dealkylation sites (N-methyl/N-ethyl adjacent to an activating group) is 1. The minimum atomic E-state index is -0.142. The van der Waals surface area contributed by atoms with Crippen LogP contribution in [-0.2, 0) is 0 Å². The highest BCUT2D eigenvalue weighted by Gasteiger charge is 2.48. The van der Waals surface area contributed by atoms with Gasteiger partial charge in [0, 0.05) is 11.1 Å². The van der Waals surface area contributed by atoms with Gasteiger partial charge in [0.2, 0.25) is 0 Å². The lowest BCUT2D eigenvalue weighted by atomic mass is 9.94. The third-order valence-electron chi connectivity index (χ3n) is 3.93. The second kappa shape index (κ2) is 5.02. The lowest BCUT2D eigenvalue weighted by Crippen LogP contribution is -2.39. The van der Waals surface area contributed by atoms with Crippen molar-refractivity contribution in [2.45, 2.75) is 31.3 Å². The Morgan fingerprint density at radius 1 is 1.16 bits per heavy atom. The van der Waals surface area contributed by atoms with E-state index in [1.807, 2.05) is 13.0 Å². The summed E-state index contributed by atoms with van der Waals surface area (Å²) in [5, 5.41) is 0. The Morgan fingerprint density at radius 3 is 2.16 bits per heavy atom. The molecule has 1 aliphatic rings. The van der Waals surface area contributed by atoms with Crippen molar-refractivity contribution in [1.29, 1.82) is 0 Å². The molecule has 1 saturated carbocycles. The third kappa shape index (κ3) is 2.55. The van der Waals surface area contributed by atoms with Crippen LogP contribution >= 0.6 is 0 Å². The smallest absolute Gasteiger partial charge is 0.124 e. The Kier molecular flexibility index (Phi) is 3.74. The first kappa shape index (κ1) is 14.2. The highest BCUT2D eigenvalue weighted by Crippen LogP contribution is 2.49. The maximum Gasteiger partial charge on any atom is 0.124 e.